The highest BCUT2D eigenvalue weighted by Gasteiger charge is 2.10. The Morgan fingerprint density at radius 2 is 1.80 bits per heavy atom. The zero-order valence-electron chi connectivity index (χ0n) is 10.7. The predicted molar refractivity (Wildman–Crippen MR) is 84.4 cm³/mol. The summed E-state index contributed by atoms with van der Waals surface area (Å²) in [6, 6.07) is 10.2. The van der Waals surface area contributed by atoms with Gasteiger partial charge < -0.3 is 11.1 Å². The minimum absolute atomic E-state index is 0.0103. The van der Waals surface area contributed by atoms with Crippen LogP contribution in [0.15, 0.2) is 45.8 Å². The Morgan fingerprint density at radius 3 is 2.40 bits per heavy atom. The van der Waals surface area contributed by atoms with E-state index in [0.717, 1.165) is 15.7 Å². The number of hydrogen-bond donors (Lipinski definition) is 3. The van der Waals surface area contributed by atoms with Crippen LogP contribution in [-0.4, -0.2) is 8.42 Å². The average molecular weight is 356 g/mol. The molecule has 2 rings (SSSR count). The number of hydrogen-bond acceptors (Lipinski definition) is 4. The molecule has 0 saturated carbocycles. The number of rotatable bonds is 3. The molecule has 2 aromatic carbocycles. The Bertz CT molecular complexity index is 760. The second-order valence-electron chi connectivity index (χ2n) is 4.40. The number of primary sulfonamides is 1. The summed E-state index contributed by atoms with van der Waals surface area (Å²) in [6.07, 6.45) is 0. The number of halogens is 1. The van der Waals surface area contributed by atoms with Crippen molar-refractivity contribution >= 4 is 43.0 Å². The first-order valence-corrected chi connectivity index (χ1v) is 8.07. The van der Waals surface area contributed by atoms with Crippen LogP contribution in [0.3, 0.4) is 0 Å². The molecule has 0 fully saturated rings. The molecule has 20 heavy (non-hydrogen) atoms. The van der Waals surface area contributed by atoms with Crippen molar-refractivity contribution in [2.45, 2.75) is 11.8 Å². The number of nitrogen functional groups attached to an aromatic ring is 1. The molecular weight excluding hydrogens is 342 g/mol. The van der Waals surface area contributed by atoms with Crippen molar-refractivity contribution < 1.29 is 8.42 Å². The highest BCUT2D eigenvalue weighted by Crippen LogP contribution is 2.30. The Kier molecular flexibility index (Phi) is 4.03. The van der Waals surface area contributed by atoms with E-state index >= 15 is 0 Å². The highest BCUT2D eigenvalue weighted by molar-refractivity contribution is 9.10. The molecule has 0 unspecified atom stereocenters. The number of anilines is 3. The van der Waals surface area contributed by atoms with Crippen molar-refractivity contribution in [3.8, 4) is 0 Å². The fourth-order valence-corrected chi connectivity index (χ4v) is 2.61. The van der Waals surface area contributed by atoms with Crippen LogP contribution in [0.1, 0.15) is 5.56 Å². The lowest BCUT2D eigenvalue weighted by molar-refractivity contribution is 0.598. The van der Waals surface area contributed by atoms with Gasteiger partial charge in [0.05, 0.1) is 22.0 Å². The van der Waals surface area contributed by atoms with E-state index in [4.69, 9.17) is 10.9 Å². The van der Waals surface area contributed by atoms with Crippen LogP contribution in [0.2, 0.25) is 0 Å². The Labute approximate surface area is 126 Å². The van der Waals surface area contributed by atoms with Gasteiger partial charge in [-0.2, -0.15) is 0 Å². The summed E-state index contributed by atoms with van der Waals surface area (Å²) in [4.78, 5) is -0.0103. The molecule has 106 valence electrons. The lowest BCUT2D eigenvalue weighted by atomic mass is 10.2. The molecule has 0 aliphatic heterocycles. The lowest BCUT2D eigenvalue weighted by Crippen LogP contribution is -2.12. The molecule has 0 aromatic heterocycles. The first-order chi connectivity index (χ1) is 9.27. The van der Waals surface area contributed by atoms with Crippen LogP contribution in [-0.2, 0) is 10.0 Å². The molecule has 0 amide bonds. The third kappa shape index (κ3) is 3.30. The molecule has 2 aromatic rings. The van der Waals surface area contributed by atoms with Crippen LogP contribution >= 0.6 is 15.9 Å². The van der Waals surface area contributed by atoms with E-state index in [1.165, 1.54) is 12.1 Å². The fraction of sp³-hybridized carbons (Fsp3) is 0.0769. The third-order valence-electron chi connectivity index (χ3n) is 2.74. The van der Waals surface area contributed by atoms with Gasteiger partial charge in [0.25, 0.3) is 0 Å². The van der Waals surface area contributed by atoms with Crippen molar-refractivity contribution in [1.82, 2.24) is 0 Å². The first-order valence-electron chi connectivity index (χ1n) is 5.73. The molecule has 0 aliphatic carbocycles. The standard InChI is InChI=1S/C13H14BrN3O2S/c1-8-2-4-10(14)13(6-8)17-12-5-3-9(7-11(12)15)20(16,18)19/h2-7,17H,15H2,1H3,(H2,16,18,19). The van der Waals surface area contributed by atoms with Crippen molar-refractivity contribution in [1.29, 1.82) is 0 Å². The van der Waals surface area contributed by atoms with E-state index in [0.29, 0.717) is 11.4 Å². The number of aryl methyl sites for hydroxylation is 1. The molecule has 0 bridgehead atoms. The van der Waals surface area contributed by atoms with Gasteiger partial charge >= 0.3 is 0 Å². The van der Waals surface area contributed by atoms with Crippen molar-refractivity contribution in [3.05, 3.63) is 46.4 Å². The Hall–Kier alpha value is -1.57. The smallest absolute Gasteiger partial charge is 0.238 e. The minimum atomic E-state index is -3.75. The molecule has 0 spiro atoms. The second-order valence-corrected chi connectivity index (χ2v) is 6.82. The number of nitrogens with one attached hydrogen (secondary N) is 1. The zero-order valence-corrected chi connectivity index (χ0v) is 13.1. The first kappa shape index (κ1) is 14.8. The average Bonchev–Trinajstić information content (AvgIpc) is 2.35. The van der Waals surface area contributed by atoms with E-state index in [1.807, 2.05) is 25.1 Å². The molecule has 0 atom stereocenters. The quantitative estimate of drug-likeness (QED) is 0.737. The topological polar surface area (TPSA) is 98.2 Å². The summed E-state index contributed by atoms with van der Waals surface area (Å²) in [7, 11) is -3.75. The van der Waals surface area contributed by atoms with E-state index in [2.05, 4.69) is 21.2 Å². The second kappa shape index (κ2) is 5.43. The summed E-state index contributed by atoms with van der Waals surface area (Å²) < 4.78 is 23.4. The zero-order chi connectivity index (χ0) is 14.9. The SMILES string of the molecule is Cc1ccc(Br)c(Nc2ccc(S(N)(=O)=O)cc2N)c1. The van der Waals surface area contributed by atoms with Gasteiger partial charge in [0, 0.05) is 4.47 Å². The van der Waals surface area contributed by atoms with Gasteiger partial charge in [-0.1, -0.05) is 6.07 Å². The molecule has 0 radical (unpaired) electrons. The molecule has 0 saturated heterocycles. The molecule has 0 aliphatic rings. The summed E-state index contributed by atoms with van der Waals surface area (Å²) in [5.41, 5.74) is 8.72. The van der Waals surface area contributed by atoms with Gasteiger partial charge in [0.1, 0.15) is 0 Å². The van der Waals surface area contributed by atoms with Gasteiger partial charge in [-0.15, -0.1) is 0 Å². The fourth-order valence-electron chi connectivity index (χ4n) is 1.71. The summed E-state index contributed by atoms with van der Waals surface area (Å²) >= 11 is 3.44. The maximum absolute atomic E-state index is 11.2. The van der Waals surface area contributed by atoms with Gasteiger partial charge in [-0.3, -0.25) is 0 Å². The van der Waals surface area contributed by atoms with Gasteiger partial charge in [-0.25, -0.2) is 13.6 Å². The number of nitrogens with two attached hydrogens (primary N) is 2. The van der Waals surface area contributed by atoms with Crippen molar-refractivity contribution in [3.63, 3.8) is 0 Å². The van der Waals surface area contributed by atoms with Crippen LogP contribution in [0.4, 0.5) is 17.1 Å². The predicted octanol–water partition coefficient (Wildman–Crippen LogP) is 2.73. The molecule has 0 heterocycles. The van der Waals surface area contributed by atoms with Crippen LogP contribution in [0.25, 0.3) is 0 Å². The normalized spacial score (nSPS) is 11.3. The summed E-state index contributed by atoms with van der Waals surface area (Å²) in [5, 5.41) is 8.21. The van der Waals surface area contributed by atoms with Crippen molar-refractivity contribution in [2.24, 2.45) is 5.14 Å². The number of sulfonamides is 1. The molecular formula is C13H14BrN3O2S. The Morgan fingerprint density at radius 1 is 1.10 bits per heavy atom. The lowest BCUT2D eigenvalue weighted by Gasteiger charge is -2.12. The maximum atomic E-state index is 11.2. The van der Waals surface area contributed by atoms with Crippen molar-refractivity contribution in [2.75, 3.05) is 11.1 Å². The molecule has 7 heteroatoms. The summed E-state index contributed by atoms with van der Waals surface area (Å²) in [5.74, 6) is 0. The highest BCUT2D eigenvalue weighted by atomic mass is 79.9. The summed E-state index contributed by atoms with van der Waals surface area (Å²) in [6.45, 7) is 1.98. The van der Waals surface area contributed by atoms with Crippen LogP contribution in [0.5, 0.6) is 0 Å². The monoisotopic (exact) mass is 355 g/mol. The Balaban J connectivity index is 2.38. The molecule has 5 N–H and O–H groups in total. The van der Waals surface area contributed by atoms with E-state index in [1.54, 1.807) is 6.07 Å². The third-order valence-corrected chi connectivity index (χ3v) is 4.35. The minimum Gasteiger partial charge on any atom is -0.397 e. The molecule has 5 nitrogen and oxygen atoms in total. The van der Waals surface area contributed by atoms with E-state index < -0.39 is 10.0 Å². The van der Waals surface area contributed by atoms with Gasteiger partial charge in [0.2, 0.25) is 10.0 Å². The largest absolute Gasteiger partial charge is 0.397 e. The van der Waals surface area contributed by atoms with E-state index in [-0.39, 0.29) is 4.90 Å². The number of benzene rings is 2. The van der Waals surface area contributed by atoms with Crippen LogP contribution < -0.4 is 16.2 Å². The van der Waals surface area contributed by atoms with E-state index in [9.17, 15) is 8.42 Å². The van der Waals surface area contributed by atoms with Gasteiger partial charge in [0.15, 0.2) is 0 Å². The maximum Gasteiger partial charge on any atom is 0.238 e. The van der Waals surface area contributed by atoms with Crippen LogP contribution in [0, 0.1) is 6.92 Å². The van der Waals surface area contributed by atoms with Gasteiger partial charge in [-0.05, 0) is 58.7 Å².